The van der Waals surface area contributed by atoms with Crippen molar-refractivity contribution in [3.8, 4) is 0 Å². The predicted molar refractivity (Wildman–Crippen MR) is 47.3 cm³/mol. The van der Waals surface area contributed by atoms with Gasteiger partial charge in [0.15, 0.2) is 11.9 Å². The number of aromatic nitrogens is 1. The highest BCUT2D eigenvalue weighted by molar-refractivity contribution is 9.10. The molecule has 1 heterocycles. The molecule has 1 aliphatic carbocycles. The van der Waals surface area contributed by atoms with Crippen LogP contribution in [0.15, 0.2) is 16.7 Å². The molecule has 1 aromatic rings. The van der Waals surface area contributed by atoms with Crippen molar-refractivity contribution in [2.24, 2.45) is 7.05 Å². The van der Waals surface area contributed by atoms with Crippen molar-refractivity contribution < 1.29 is 4.57 Å². The van der Waals surface area contributed by atoms with Gasteiger partial charge in [-0.1, -0.05) is 0 Å². The summed E-state index contributed by atoms with van der Waals surface area (Å²) >= 11 is 3.49. The van der Waals surface area contributed by atoms with E-state index >= 15 is 0 Å². The Balaban J connectivity index is 2.60. The van der Waals surface area contributed by atoms with E-state index in [-0.39, 0.29) is 0 Å². The molecule has 0 bridgehead atoms. The Hall–Kier alpha value is -0.370. The molecule has 0 radical (unpaired) electrons. The minimum absolute atomic E-state index is 1.20. The first-order valence-corrected chi connectivity index (χ1v) is 4.73. The number of pyridine rings is 1. The van der Waals surface area contributed by atoms with Gasteiger partial charge in [0.25, 0.3) is 0 Å². The van der Waals surface area contributed by atoms with Gasteiger partial charge < -0.3 is 0 Å². The average molecular weight is 213 g/mol. The summed E-state index contributed by atoms with van der Waals surface area (Å²) in [7, 11) is 2.12. The van der Waals surface area contributed by atoms with Crippen LogP contribution in [0.4, 0.5) is 0 Å². The summed E-state index contributed by atoms with van der Waals surface area (Å²) in [4.78, 5) is 0. The van der Waals surface area contributed by atoms with Crippen molar-refractivity contribution in [1.82, 2.24) is 0 Å². The molecule has 2 rings (SSSR count). The van der Waals surface area contributed by atoms with Gasteiger partial charge in [0.2, 0.25) is 0 Å². The van der Waals surface area contributed by atoms with Crippen LogP contribution in [0.3, 0.4) is 0 Å². The number of halogens is 1. The minimum atomic E-state index is 1.20. The highest BCUT2D eigenvalue weighted by atomic mass is 79.9. The third-order valence-corrected chi connectivity index (χ3v) is 2.72. The molecule has 0 N–H and O–H groups in total. The molecule has 0 fully saturated rings. The SMILES string of the molecule is C[n+]1cc(Br)cc2c1CCC2. The highest BCUT2D eigenvalue weighted by Gasteiger charge is 2.19. The van der Waals surface area contributed by atoms with Crippen molar-refractivity contribution in [3.63, 3.8) is 0 Å². The normalized spacial score (nSPS) is 15.1. The summed E-state index contributed by atoms with van der Waals surface area (Å²) in [5, 5.41) is 0. The molecule has 0 unspecified atom stereocenters. The second-order valence-electron chi connectivity index (χ2n) is 3.09. The minimum Gasteiger partial charge on any atom is -0.204 e. The number of rotatable bonds is 0. The Bertz CT molecular complexity index is 294. The van der Waals surface area contributed by atoms with Crippen LogP contribution in [0.5, 0.6) is 0 Å². The van der Waals surface area contributed by atoms with Crippen molar-refractivity contribution in [1.29, 1.82) is 0 Å². The molecule has 1 nitrogen and oxygen atoms in total. The zero-order valence-corrected chi connectivity index (χ0v) is 8.19. The fraction of sp³-hybridized carbons (Fsp3) is 0.444. The van der Waals surface area contributed by atoms with Crippen molar-refractivity contribution in [2.75, 3.05) is 0 Å². The fourth-order valence-electron chi connectivity index (χ4n) is 1.78. The van der Waals surface area contributed by atoms with Crippen LogP contribution in [0.2, 0.25) is 0 Å². The van der Waals surface area contributed by atoms with Crippen molar-refractivity contribution >= 4 is 15.9 Å². The number of hydrogen-bond donors (Lipinski definition) is 0. The van der Waals surface area contributed by atoms with Gasteiger partial charge in [-0.2, -0.15) is 0 Å². The Morgan fingerprint density at radius 1 is 1.45 bits per heavy atom. The van der Waals surface area contributed by atoms with E-state index in [0.717, 1.165) is 0 Å². The lowest BCUT2D eigenvalue weighted by atomic mass is 10.2. The monoisotopic (exact) mass is 212 g/mol. The van der Waals surface area contributed by atoms with Crippen LogP contribution in [0.1, 0.15) is 17.7 Å². The molecule has 1 aromatic heterocycles. The van der Waals surface area contributed by atoms with E-state index in [4.69, 9.17) is 0 Å². The van der Waals surface area contributed by atoms with Crippen LogP contribution >= 0.6 is 15.9 Å². The van der Waals surface area contributed by atoms with Gasteiger partial charge in [-0.25, -0.2) is 4.57 Å². The van der Waals surface area contributed by atoms with Gasteiger partial charge in [-0.05, 0) is 34.8 Å². The van der Waals surface area contributed by atoms with Crippen LogP contribution in [0.25, 0.3) is 0 Å². The summed E-state index contributed by atoms with van der Waals surface area (Å²) in [5.41, 5.74) is 3.02. The number of nitrogens with zero attached hydrogens (tertiary/aromatic N) is 1. The fourth-order valence-corrected chi connectivity index (χ4v) is 2.36. The largest absolute Gasteiger partial charge is 0.204 e. The Kier molecular flexibility index (Phi) is 1.72. The first-order valence-electron chi connectivity index (χ1n) is 3.94. The molecule has 2 heteroatoms. The molecule has 0 aromatic carbocycles. The molecule has 0 amide bonds. The van der Waals surface area contributed by atoms with Crippen LogP contribution in [-0.2, 0) is 19.9 Å². The van der Waals surface area contributed by atoms with Gasteiger partial charge in [0.1, 0.15) is 7.05 Å². The van der Waals surface area contributed by atoms with Gasteiger partial charge in [0, 0.05) is 12.0 Å². The van der Waals surface area contributed by atoms with E-state index in [9.17, 15) is 0 Å². The summed E-state index contributed by atoms with van der Waals surface area (Å²) < 4.78 is 3.42. The van der Waals surface area contributed by atoms with Crippen LogP contribution < -0.4 is 4.57 Å². The second kappa shape index (κ2) is 2.59. The predicted octanol–water partition coefficient (Wildman–Crippen LogP) is 1.76. The topological polar surface area (TPSA) is 3.88 Å². The summed E-state index contributed by atoms with van der Waals surface area (Å²) in [6.07, 6.45) is 5.95. The second-order valence-corrected chi connectivity index (χ2v) is 4.01. The first-order chi connectivity index (χ1) is 5.27. The third kappa shape index (κ3) is 1.20. The third-order valence-electron chi connectivity index (χ3n) is 2.29. The molecule has 58 valence electrons. The quantitative estimate of drug-likeness (QED) is 0.578. The van der Waals surface area contributed by atoms with Gasteiger partial charge >= 0.3 is 0 Å². The first kappa shape index (κ1) is 7.29. The summed E-state index contributed by atoms with van der Waals surface area (Å²) in [6.45, 7) is 0. The van der Waals surface area contributed by atoms with E-state index in [1.165, 1.54) is 35.0 Å². The molecule has 0 aliphatic heterocycles. The Morgan fingerprint density at radius 2 is 2.27 bits per heavy atom. The average Bonchev–Trinajstić information content (AvgIpc) is 2.34. The maximum Gasteiger partial charge on any atom is 0.184 e. The molecular formula is C9H11BrN+. The van der Waals surface area contributed by atoms with Gasteiger partial charge in [0.05, 0.1) is 4.47 Å². The number of hydrogen-bond acceptors (Lipinski definition) is 0. The smallest absolute Gasteiger partial charge is 0.184 e. The lowest BCUT2D eigenvalue weighted by molar-refractivity contribution is -0.679. The summed E-state index contributed by atoms with van der Waals surface area (Å²) in [6, 6.07) is 2.24. The molecule has 0 saturated heterocycles. The molecule has 11 heavy (non-hydrogen) atoms. The summed E-state index contributed by atoms with van der Waals surface area (Å²) in [5.74, 6) is 0. The number of fused-ring (bicyclic) bond motifs is 1. The van der Waals surface area contributed by atoms with Gasteiger partial charge in [-0.3, -0.25) is 0 Å². The van der Waals surface area contributed by atoms with E-state index in [1.807, 2.05) is 0 Å². The van der Waals surface area contributed by atoms with Crippen LogP contribution in [-0.4, -0.2) is 0 Å². The lowest BCUT2D eigenvalue weighted by Gasteiger charge is -1.97. The van der Waals surface area contributed by atoms with Crippen molar-refractivity contribution in [2.45, 2.75) is 19.3 Å². The zero-order valence-electron chi connectivity index (χ0n) is 6.60. The standard InChI is InChI=1S/C9H11BrN/c1-11-6-8(10)5-7-3-2-4-9(7)11/h5-6H,2-4H2,1H3/q+1. The molecule has 0 spiro atoms. The van der Waals surface area contributed by atoms with E-state index < -0.39 is 0 Å². The lowest BCUT2D eigenvalue weighted by Crippen LogP contribution is -2.33. The maximum atomic E-state index is 3.49. The number of aryl methyl sites for hydroxylation is 2. The van der Waals surface area contributed by atoms with Crippen LogP contribution in [0, 0.1) is 0 Å². The van der Waals surface area contributed by atoms with E-state index in [1.54, 1.807) is 0 Å². The zero-order chi connectivity index (χ0) is 7.84. The van der Waals surface area contributed by atoms with Gasteiger partial charge in [-0.15, -0.1) is 0 Å². The molecule has 1 aliphatic rings. The highest BCUT2D eigenvalue weighted by Crippen LogP contribution is 2.21. The molecule has 0 saturated carbocycles. The van der Waals surface area contributed by atoms with Crippen molar-refractivity contribution in [3.05, 3.63) is 28.0 Å². The van der Waals surface area contributed by atoms with E-state index in [2.05, 4.69) is 39.8 Å². The Morgan fingerprint density at radius 3 is 3.09 bits per heavy atom. The maximum absolute atomic E-state index is 3.49. The van der Waals surface area contributed by atoms with E-state index in [0.29, 0.717) is 0 Å². The molecule has 0 atom stereocenters. The molecular weight excluding hydrogens is 202 g/mol. The Labute approximate surface area is 75.2 Å².